The minimum Gasteiger partial charge on any atom is -0.0622 e. The van der Waals surface area contributed by atoms with Crippen LogP contribution in [0.25, 0.3) is 0 Å². The normalized spacial score (nSPS) is 33.6. The van der Waals surface area contributed by atoms with Crippen molar-refractivity contribution in [1.29, 1.82) is 0 Å². The van der Waals surface area contributed by atoms with E-state index in [0.717, 1.165) is 0 Å². The lowest BCUT2D eigenvalue weighted by Gasteiger charge is -2.36. The Labute approximate surface area is 102 Å². The van der Waals surface area contributed by atoms with Crippen molar-refractivity contribution in [3.05, 3.63) is 71.8 Å². The fourth-order valence-electron chi connectivity index (χ4n) is 3.94. The number of rotatable bonds is 2. The molecule has 0 N–H and O–H groups in total. The molecule has 4 rings (SSSR count). The molecule has 0 spiro atoms. The lowest BCUT2D eigenvalue weighted by molar-refractivity contribution is 0.343. The Morgan fingerprint density at radius 2 is 1.00 bits per heavy atom. The molecule has 0 nitrogen and oxygen atoms in total. The van der Waals surface area contributed by atoms with Crippen LogP contribution < -0.4 is 0 Å². The van der Waals surface area contributed by atoms with Crippen molar-refractivity contribution in [3.8, 4) is 0 Å². The lowest BCUT2D eigenvalue weighted by Crippen LogP contribution is -2.32. The third-order valence-corrected chi connectivity index (χ3v) is 5.03. The number of hydrogen-bond acceptors (Lipinski definition) is 0. The molecule has 2 saturated carbocycles. The molecule has 0 bridgehead atoms. The highest BCUT2D eigenvalue weighted by Crippen LogP contribution is 2.77. The average molecular weight is 220 g/mol. The quantitative estimate of drug-likeness (QED) is 0.716. The van der Waals surface area contributed by atoms with Gasteiger partial charge in [-0.1, -0.05) is 60.7 Å². The molecule has 2 fully saturated rings. The summed E-state index contributed by atoms with van der Waals surface area (Å²) in [5, 5.41) is 0. The Kier molecular flexibility index (Phi) is 1.68. The molecule has 0 radical (unpaired) electrons. The highest BCUT2D eigenvalue weighted by Gasteiger charge is 2.74. The molecule has 2 aliphatic carbocycles. The summed E-state index contributed by atoms with van der Waals surface area (Å²) in [5.74, 6) is 0. The first-order valence-electron chi connectivity index (χ1n) is 6.49. The first-order chi connectivity index (χ1) is 8.37. The lowest BCUT2D eigenvalue weighted by atomic mass is 9.67. The molecule has 0 aliphatic heterocycles. The van der Waals surface area contributed by atoms with Gasteiger partial charge in [0.2, 0.25) is 0 Å². The Hall–Kier alpha value is -1.56. The van der Waals surface area contributed by atoms with Gasteiger partial charge in [-0.25, -0.2) is 0 Å². The first-order valence-corrected chi connectivity index (χ1v) is 6.49. The molecule has 0 heterocycles. The van der Waals surface area contributed by atoms with Crippen molar-refractivity contribution in [2.75, 3.05) is 0 Å². The molecule has 2 atom stereocenters. The Bertz CT molecular complexity index is 491. The molecule has 0 amide bonds. The van der Waals surface area contributed by atoms with Crippen LogP contribution in [0, 0.1) is 0 Å². The van der Waals surface area contributed by atoms with Crippen LogP contribution in [-0.4, -0.2) is 0 Å². The second-order valence-electron chi connectivity index (χ2n) is 5.57. The molecule has 84 valence electrons. The summed E-state index contributed by atoms with van der Waals surface area (Å²) < 4.78 is 0. The van der Waals surface area contributed by atoms with Crippen molar-refractivity contribution in [1.82, 2.24) is 0 Å². The fraction of sp³-hybridized carbons (Fsp3) is 0.294. The van der Waals surface area contributed by atoms with Crippen LogP contribution >= 0.6 is 0 Å². The van der Waals surface area contributed by atoms with E-state index in [1.807, 2.05) is 0 Å². The Morgan fingerprint density at radius 3 is 1.35 bits per heavy atom. The van der Waals surface area contributed by atoms with E-state index in [1.165, 1.54) is 19.3 Å². The van der Waals surface area contributed by atoms with Crippen LogP contribution in [0.3, 0.4) is 0 Å². The van der Waals surface area contributed by atoms with E-state index in [2.05, 4.69) is 60.7 Å². The maximum atomic E-state index is 2.31. The summed E-state index contributed by atoms with van der Waals surface area (Å²) in [4.78, 5) is 0. The van der Waals surface area contributed by atoms with Crippen LogP contribution in [0.2, 0.25) is 0 Å². The zero-order chi connectivity index (χ0) is 11.3. The Balaban J connectivity index is 1.77. The van der Waals surface area contributed by atoms with Crippen LogP contribution in [0.4, 0.5) is 0 Å². The van der Waals surface area contributed by atoms with Crippen LogP contribution in [0.1, 0.15) is 30.4 Å². The second kappa shape index (κ2) is 3.01. The van der Waals surface area contributed by atoms with Gasteiger partial charge in [0.05, 0.1) is 0 Å². The second-order valence-corrected chi connectivity index (χ2v) is 5.57. The summed E-state index contributed by atoms with van der Waals surface area (Å²) in [5.41, 5.74) is 4.07. The van der Waals surface area contributed by atoms with Gasteiger partial charge in [-0.3, -0.25) is 0 Å². The topological polar surface area (TPSA) is 0 Å². The SMILES string of the molecule is c1ccc(C23CCC2(c2ccccc2)C3)cc1. The highest BCUT2D eigenvalue weighted by atomic mass is 14.8. The summed E-state index contributed by atoms with van der Waals surface area (Å²) in [6.07, 6.45) is 4.09. The molecule has 2 aromatic rings. The molecule has 2 unspecified atom stereocenters. The van der Waals surface area contributed by atoms with Gasteiger partial charge in [0.15, 0.2) is 0 Å². The molecule has 0 heteroatoms. The molecule has 17 heavy (non-hydrogen) atoms. The molecule has 2 aromatic carbocycles. The average Bonchev–Trinajstić information content (AvgIpc) is 2.90. The van der Waals surface area contributed by atoms with Crippen LogP contribution in [0.15, 0.2) is 60.7 Å². The highest BCUT2D eigenvalue weighted by molar-refractivity contribution is 5.54. The predicted molar refractivity (Wildman–Crippen MR) is 70.1 cm³/mol. The maximum Gasteiger partial charge on any atom is 0.00592 e. The number of hydrogen-bond donors (Lipinski definition) is 0. The zero-order valence-corrected chi connectivity index (χ0v) is 9.89. The van der Waals surface area contributed by atoms with E-state index in [-0.39, 0.29) is 0 Å². The number of benzene rings is 2. The van der Waals surface area contributed by atoms with Crippen molar-refractivity contribution in [2.24, 2.45) is 0 Å². The van der Waals surface area contributed by atoms with E-state index in [0.29, 0.717) is 10.8 Å². The van der Waals surface area contributed by atoms with E-state index in [9.17, 15) is 0 Å². The largest absolute Gasteiger partial charge is 0.0622 e. The number of fused-ring (bicyclic) bond motifs is 1. The van der Waals surface area contributed by atoms with E-state index in [4.69, 9.17) is 0 Å². The van der Waals surface area contributed by atoms with Crippen molar-refractivity contribution in [3.63, 3.8) is 0 Å². The van der Waals surface area contributed by atoms with Crippen LogP contribution in [-0.2, 0) is 10.8 Å². The van der Waals surface area contributed by atoms with Gasteiger partial charge in [0.1, 0.15) is 0 Å². The van der Waals surface area contributed by atoms with Crippen LogP contribution in [0.5, 0.6) is 0 Å². The summed E-state index contributed by atoms with van der Waals surface area (Å²) in [7, 11) is 0. The van der Waals surface area contributed by atoms with Gasteiger partial charge in [0, 0.05) is 10.8 Å². The summed E-state index contributed by atoms with van der Waals surface area (Å²) in [6, 6.07) is 22.2. The first kappa shape index (κ1) is 9.47. The van der Waals surface area contributed by atoms with Gasteiger partial charge in [-0.2, -0.15) is 0 Å². The van der Waals surface area contributed by atoms with Gasteiger partial charge < -0.3 is 0 Å². The smallest absolute Gasteiger partial charge is 0.00592 e. The monoisotopic (exact) mass is 220 g/mol. The third-order valence-electron chi connectivity index (χ3n) is 5.03. The standard InChI is InChI=1S/C17H16/c1-3-7-14(8-4-1)16-11-12-17(16,13-16)15-9-5-2-6-10-15/h1-10H,11-13H2. The third kappa shape index (κ3) is 1.04. The molecule has 0 aromatic heterocycles. The molecule has 0 saturated heterocycles. The van der Waals surface area contributed by atoms with E-state index >= 15 is 0 Å². The summed E-state index contributed by atoms with van der Waals surface area (Å²) >= 11 is 0. The van der Waals surface area contributed by atoms with Crippen molar-refractivity contribution in [2.45, 2.75) is 30.1 Å². The van der Waals surface area contributed by atoms with Gasteiger partial charge in [-0.15, -0.1) is 0 Å². The fourth-order valence-corrected chi connectivity index (χ4v) is 3.94. The van der Waals surface area contributed by atoms with E-state index < -0.39 is 0 Å². The molecule has 2 aliphatic rings. The van der Waals surface area contributed by atoms with Gasteiger partial charge in [-0.05, 0) is 30.4 Å². The van der Waals surface area contributed by atoms with Crippen molar-refractivity contribution < 1.29 is 0 Å². The van der Waals surface area contributed by atoms with Gasteiger partial charge in [0.25, 0.3) is 0 Å². The van der Waals surface area contributed by atoms with E-state index in [1.54, 1.807) is 11.1 Å². The predicted octanol–water partition coefficient (Wildman–Crippen LogP) is 4.06. The Morgan fingerprint density at radius 1 is 0.588 bits per heavy atom. The molecular formula is C17H16. The van der Waals surface area contributed by atoms with Gasteiger partial charge >= 0.3 is 0 Å². The summed E-state index contributed by atoms with van der Waals surface area (Å²) in [6.45, 7) is 0. The maximum absolute atomic E-state index is 2.31. The molecular weight excluding hydrogens is 204 g/mol. The van der Waals surface area contributed by atoms with Crippen molar-refractivity contribution >= 4 is 0 Å². The zero-order valence-electron chi connectivity index (χ0n) is 9.89. The minimum atomic E-state index is 0.482. The minimum absolute atomic E-state index is 0.482.